The minimum atomic E-state index is -1.78. The molecule has 0 aromatic carbocycles. The first kappa shape index (κ1) is 21.3. The Kier molecular flexibility index (Phi) is 8.22. The fourth-order valence-electron chi connectivity index (χ4n) is 2.79. The SMILES string of the molecule is CCCCCC=CC1=C(CO)C(=O)CC(O)(CC=C(C)C(=O)O)C1O. The lowest BCUT2D eigenvalue weighted by atomic mass is 9.75. The van der Waals surface area contributed by atoms with Gasteiger partial charge in [0.2, 0.25) is 0 Å². The summed E-state index contributed by atoms with van der Waals surface area (Å²) < 4.78 is 0. The lowest BCUT2D eigenvalue weighted by Gasteiger charge is -2.37. The fraction of sp³-hybridized carbons (Fsp3) is 0.579. The molecule has 0 fully saturated rings. The molecule has 0 aromatic heterocycles. The summed E-state index contributed by atoms with van der Waals surface area (Å²) in [7, 11) is 0. The zero-order valence-corrected chi connectivity index (χ0v) is 14.9. The van der Waals surface area contributed by atoms with Crippen LogP contribution in [0.15, 0.2) is 34.9 Å². The second-order valence-electron chi connectivity index (χ2n) is 6.49. The standard InChI is InChI=1S/C19H28O6/c1-3-4-5-6-7-8-14-15(12-20)16(21)11-19(25,17(14)22)10-9-13(2)18(23)24/h7-9,17,20,22,25H,3-6,10-12H2,1-2H3,(H,23,24). The van der Waals surface area contributed by atoms with E-state index in [0.29, 0.717) is 0 Å². The highest BCUT2D eigenvalue weighted by molar-refractivity contribution is 5.99. The number of aliphatic carboxylic acids is 1. The molecule has 0 aliphatic heterocycles. The number of ketones is 1. The lowest BCUT2D eigenvalue weighted by Crippen LogP contribution is -2.49. The van der Waals surface area contributed by atoms with E-state index >= 15 is 0 Å². The van der Waals surface area contributed by atoms with E-state index in [-0.39, 0.29) is 29.6 Å². The van der Waals surface area contributed by atoms with Crippen LogP contribution in [-0.2, 0) is 9.59 Å². The van der Waals surface area contributed by atoms with E-state index in [0.717, 1.165) is 25.7 Å². The smallest absolute Gasteiger partial charge is 0.330 e. The minimum absolute atomic E-state index is 0.0293. The minimum Gasteiger partial charge on any atom is -0.478 e. The molecule has 25 heavy (non-hydrogen) atoms. The maximum absolute atomic E-state index is 12.3. The van der Waals surface area contributed by atoms with Gasteiger partial charge in [-0.3, -0.25) is 4.79 Å². The second kappa shape index (κ2) is 9.65. The lowest BCUT2D eigenvalue weighted by molar-refractivity contribution is -0.132. The van der Waals surface area contributed by atoms with Crippen molar-refractivity contribution >= 4 is 11.8 Å². The molecule has 0 radical (unpaired) electrons. The van der Waals surface area contributed by atoms with Gasteiger partial charge in [0.25, 0.3) is 0 Å². The Labute approximate surface area is 148 Å². The highest BCUT2D eigenvalue weighted by atomic mass is 16.4. The van der Waals surface area contributed by atoms with Gasteiger partial charge in [-0.25, -0.2) is 4.79 Å². The van der Waals surface area contributed by atoms with E-state index in [2.05, 4.69) is 6.92 Å². The highest BCUT2D eigenvalue weighted by Crippen LogP contribution is 2.35. The number of Topliss-reactive ketones (excluding diaryl/α,β-unsaturated/α-hetero) is 1. The molecule has 0 saturated heterocycles. The highest BCUT2D eigenvalue weighted by Gasteiger charge is 2.44. The topological polar surface area (TPSA) is 115 Å². The summed E-state index contributed by atoms with van der Waals surface area (Å²) in [5.74, 6) is -1.56. The summed E-state index contributed by atoms with van der Waals surface area (Å²) in [6, 6.07) is 0. The first-order valence-corrected chi connectivity index (χ1v) is 8.61. The Morgan fingerprint density at radius 1 is 1.36 bits per heavy atom. The van der Waals surface area contributed by atoms with Gasteiger partial charge in [0.05, 0.1) is 6.61 Å². The van der Waals surface area contributed by atoms with Crippen LogP contribution in [0.3, 0.4) is 0 Å². The summed E-state index contributed by atoms with van der Waals surface area (Å²) in [6.07, 6.45) is 6.71. The maximum Gasteiger partial charge on any atom is 0.330 e. The largest absolute Gasteiger partial charge is 0.478 e. The third-order valence-corrected chi connectivity index (χ3v) is 4.48. The number of hydrogen-bond acceptors (Lipinski definition) is 5. The molecule has 0 amide bonds. The molecule has 1 aliphatic rings. The van der Waals surface area contributed by atoms with E-state index in [1.54, 1.807) is 6.08 Å². The van der Waals surface area contributed by atoms with E-state index in [4.69, 9.17) is 5.11 Å². The van der Waals surface area contributed by atoms with Crippen molar-refractivity contribution in [2.24, 2.45) is 0 Å². The predicted molar refractivity (Wildman–Crippen MR) is 94.0 cm³/mol. The van der Waals surface area contributed by atoms with Gasteiger partial charge in [-0.05, 0) is 31.8 Å². The van der Waals surface area contributed by atoms with Gasteiger partial charge < -0.3 is 20.4 Å². The molecule has 1 rings (SSSR count). The summed E-state index contributed by atoms with van der Waals surface area (Å²) >= 11 is 0. The number of unbranched alkanes of at least 4 members (excludes halogenated alkanes) is 3. The van der Waals surface area contributed by atoms with Gasteiger partial charge in [0.15, 0.2) is 5.78 Å². The van der Waals surface area contributed by atoms with Crippen molar-refractivity contribution < 1.29 is 30.0 Å². The van der Waals surface area contributed by atoms with Crippen molar-refractivity contribution in [2.45, 2.75) is 64.1 Å². The van der Waals surface area contributed by atoms with Crippen LogP contribution in [0.2, 0.25) is 0 Å². The zero-order chi connectivity index (χ0) is 19.0. The zero-order valence-electron chi connectivity index (χ0n) is 14.9. The molecular formula is C19H28O6. The number of rotatable bonds is 9. The molecular weight excluding hydrogens is 324 g/mol. The van der Waals surface area contributed by atoms with Crippen LogP contribution in [0.25, 0.3) is 0 Å². The van der Waals surface area contributed by atoms with E-state index < -0.39 is 30.1 Å². The van der Waals surface area contributed by atoms with Crippen molar-refractivity contribution in [3.8, 4) is 0 Å². The molecule has 0 saturated carbocycles. The van der Waals surface area contributed by atoms with Gasteiger partial charge in [-0.15, -0.1) is 0 Å². The third kappa shape index (κ3) is 5.63. The maximum atomic E-state index is 12.3. The number of hydrogen-bond donors (Lipinski definition) is 4. The Bertz CT molecular complexity index is 587. The quantitative estimate of drug-likeness (QED) is 0.372. The Balaban J connectivity index is 3.04. The van der Waals surface area contributed by atoms with Crippen molar-refractivity contribution in [2.75, 3.05) is 6.61 Å². The number of carbonyl (C=O) groups is 2. The summed E-state index contributed by atoms with van der Waals surface area (Å²) in [5.41, 5.74) is -1.45. The third-order valence-electron chi connectivity index (χ3n) is 4.48. The number of carbonyl (C=O) groups excluding carboxylic acids is 1. The molecule has 2 atom stereocenters. The Hall–Kier alpha value is -1.76. The van der Waals surface area contributed by atoms with Crippen molar-refractivity contribution in [1.82, 2.24) is 0 Å². The summed E-state index contributed by atoms with van der Waals surface area (Å²) in [6.45, 7) is 2.96. The van der Waals surface area contributed by atoms with Gasteiger partial charge in [-0.2, -0.15) is 0 Å². The average Bonchev–Trinajstić information content (AvgIpc) is 2.56. The van der Waals surface area contributed by atoms with Crippen LogP contribution in [0.1, 0.15) is 52.4 Å². The van der Waals surface area contributed by atoms with Gasteiger partial charge in [-0.1, -0.05) is 38.0 Å². The number of allylic oxidation sites excluding steroid dienone is 1. The molecule has 140 valence electrons. The van der Waals surface area contributed by atoms with Crippen molar-refractivity contribution in [3.05, 3.63) is 34.9 Å². The summed E-state index contributed by atoms with van der Waals surface area (Å²) in [5, 5.41) is 39.6. The van der Waals surface area contributed by atoms with Crippen LogP contribution < -0.4 is 0 Å². The van der Waals surface area contributed by atoms with E-state index in [1.807, 2.05) is 6.08 Å². The molecule has 0 bridgehead atoms. The summed E-state index contributed by atoms with van der Waals surface area (Å²) in [4.78, 5) is 23.1. The monoisotopic (exact) mass is 352 g/mol. The molecule has 0 aromatic rings. The number of aliphatic hydroxyl groups excluding tert-OH is 2. The molecule has 0 heterocycles. The number of carboxylic acid groups (broad SMARTS) is 1. The second-order valence-corrected chi connectivity index (χ2v) is 6.49. The van der Waals surface area contributed by atoms with Crippen molar-refractivity contribution in [3.63, 3.8) is 0 Å². The Morgan fingerprint density at radius 3 is 2.60 bits per heavy atom. The fourth-order valence-corrected chi connectivity index (χ4v) is 2.79. The van der Waals surface area contributed by atoms with Gasteiger partial charge >= 0.3 is 5.97 Å². The number of aliphatic hydroxyl groups is 3. The first-order chi connectivity index (χ1) is 11.8. The first-order valence-electron chi connectivity index (χ1n) is 8.61. The molecule has 6 nitrogen and oxygen atoms in total. The predicted octanol–water partition coefficient (Wildman–Crippen LogP) is 1.90. The van der Waals surface area contributed by atoms with Gasteiger partial charge in [0.1, 0.15) is 11.7 Å². The van der Waals surface area contributed by atoms with Crippen LogP contribution in [0.5, 0.6) is 0 Å². The normalized spacial score (nSPS) is 25.1. The average molecular weight is 352 g/mol. The number of carboxylic acids is 1. The Morgan fingerprint density at radius 2 is 2.04 bits per heavy atom. The molecule has 6 heteroatoms. The molecule has 4 N–H and O–H groups in total. The van der Waals surface area contributed by atoms with Crippen LogP contribution in [0, 0.1) is 0 Å². The molecule has 2 unspecified atom stereocenters. The van der Waals surface area contributed by atoms with Crippen molar-refractivity contribution in [1.29, 1.82) is 0 Å². The van der Waals surface area contributed by atoms with Crippen LogP contribution >= 0.6 is 0 Å². The van der Waals surface area contributed by atoms with E-state index in [1.165, 1.54) is 13.0 Å². The van der Waals surface area contributed by atoms with Crippen LogP contribution in [-0.4, -0.2) is 50.5 Å². The van der Waals surface area contributed by atoms with Crippen LogP contribution in [0.4, 0.5) is 0 Å². The molecule has 1 aliphatic carbocycles. The van der Waals surface area contributed by atoms with E-state index in [9.17, 15) is 24.9 Å². The van der Waals surface area contributed by atoms with Gasteiger partial charge in [0, 0.05) is 17.6 Å². The molecule has 0 spiro atoms.